The fraction of sp³-hybridized carbons (Fsp3) is 0.571. The molecule has 0 saturated heterocycles. The van der Waals surface area contributed by atoms with Crippen LogP contribution in [0.15, 0.2) is 46.4 Å². The van der Waals surface area contributed by atoms with E-state index in [2.05, 4.69) is 42.4 Å². The van der Waals surface area contributed by atoms with Crippen molar-refractivity contribution in [1.82, 2.24) is 9.47 Å². The van der Waals surface area contributed by atoms with E-state index < -0.39 is 11.9 Å². The number of ether oxygens (including phenoxy) is 1. The molecule has 190 valence electrons. The van der Waals surface area contributed by atoms with Crippen molar-refractivity contribution >= 4 is 11.7 Å². The van der Waals surface area contributed by atoms with Gasteiger partial charge in [-0.05, 0) is 43.1 Å². The third kappa shape index (κ3) is 5.29. The minimum Gasteiger partial charge on any atom is -0.462 e. The summed E-state index contributed by atoms with van der Waals surface area (Å²) in [5.74, 6) is -2.98. The summed E-state index contributed by atoms with van der Waals surface area (Å²) in [6, 6.07) is 1.61. The summed E-state index contributed by atoms with van der Waals surface area (Å²) in [7, 11) is 2.04. The molecule has 1 saturated carbocycles. The number of aromatic nitrogens is 1. The first-order chi connectivity index (χ1) is 16.4. The number of alkyl halides is 2. The fourth-order valence-corrected chi connectivity index (χ4v) is 5.47. The molecule has 1 aromatic rings. The van der Waals surface area contributed by atoms with Crippen molar-refractivity contribution in [1.29, 1.82) is 0 Å². The number of halogens is 2. The molecule has 7 heteroatoms. The third-order valence-corrected chi connectivity index (χ3v) is 7.38. The molecule has 1 unspecified atom stereocenters. The quantitative estimate of drug-likeness (QED) is 0.481. The number of fused-ring (bicyclic) bond motifs is 1. The summed E-state index contributed by atoms with van der Waals surface area (Å²) in [6.45, 7) is 9.12. The van der Waals surface area contributed by atoms with Crippen LogP contribution in [0.2, 0.25) is 0 Å². The predicted molar refractivity (Wildman–Crippen MR) is 133 cm³/mol. The van der Waals surface area contributed by atoms with Gasteiger partial charge in [0, 0.05) is 38.7 Å². The van der Waals surface area contributed by atoms with Crippen LogP contribution in [-0.2, 0) is 4.74 Å². The Morgan fingerprint density at radius 1 is 1.26 bits per heavy atom. The Balaban J connectivity index is 1.68. The van der Waals surface area contributed by atoms with E-state index in [0.29, 0.717) is 6.42 Å². The van der Waals surface area contributed by atoms with E-state index in [1.807, 2.05) is 13.1 Å². The Labute approximate surface area is 206 Å². The highest BCUT2D eigenvalue weighted by Crippen LogP contribution is 2.46. The van der Waals surface area contributed by atoms with Crippen LogP contribution < -0.4 is 5.43 Å². The molecule has 1 aromatic heterocycles. The zero-order chi connectivity index (χ0) is 25.5. The van der Waals surface area contributed by atoms with Crippen molar-refractivity contribution < 1.29 is 18.3 Å². The Morgan fingerprint density at radius 3 is 2.60 bits per heavy atom. The lowest BCUT2D eigenvalue weighted by Gasteiger charge is -2.44. The van der Waals surface area contributed by atoms with Crippen molar-refractivity contribution in [3.63, 3.8) is 0 Å². The van der Waals surface area contributed by atoms with Gasteiger partial charge in [0.2, 0.25) is 5.92 Å². The molecule has 1 aliphatic heterocycles. The summed E-state index contributed by atoms with van der Waals surface area (Å²) >= 11 is 0. The molecule has 2 heterocycles. The second kappa shape index (κ2) is 9.40. The van der Waals surface area contributed by atoms with Crippen molar-refractivity contribution in [2.24, 2.45) is 11.3 Å². The number of carbonyl (C=O) groups is 1. The first kappa shape index (κ1) is 25.4. The number of rotatable bonds is 5. The van der Waals surface area contributed by atoms with Gasteiger partial charge in [-0.2, -0.15) is 0 Å². The molecule has 4 rings (SSSR count). The van der Waals surface area contributed by atoms with Crippen LogP contribution in [0.1, 0.15) is 81.9 Å². The highest BCUT2D eigenvalue weighted by molar-refractivity contribution is 5.89. The summed E-state index contributed by atoms with van der Waals surface area (Å²) in [5, 5.41) is 0. The van der Waals surface area contributed by atoms with Crippen LogP contribution >= 0.6 is 0 Å². The summed E-state index contributed by atoms with van der Waals surface area (Å²) in [4.78, 5) is 27.7. The largest absolute Gasteiger partial charge is 0.462 e. The Morgan fingerprint density at radius 2 is 1.97 bits per heavy atom. The molecule has 0 spiro atoms. The van der Waals surface area contributed by atoms with Gasteiger partial charge >= 0.3 is 5.97 Å². The van der Waals surface area contributed by atoms with E-state index in [9.17, 15) is 18.4 Å². The van der Waals surface area contributed by atoms with Gasteiger partial charge in [0.05, 0.1) is 24.0 Å². The number of carbonyl (C=O) groups excluding carboxylic acids is 1. The SMILES string of the molecule is CCOC(=O)c1cn2c(cc1=O)/C(=C1\C=CC=C(CCC3CC(F)(F)C3)C1)N(C)CC2C(C)(C)C. The van der Waals surface area contributed by atoms with Crippen LogP contribution in [0.4, 0.5) is 8.78 Å². The lowest BCUT2D eigenvalue weighted by atomic mass is 9.77. The van der Waals surface area contributed by atoms with Crippen LogP contribution in [0.25, 0.3) is 5.70 Å². The maximum Gasteiger partial charge on any atom is 0.343 e. The maximum atomic E-state index is 13.2. The van der Waals surface area contributed by atoms with E-state index in [1.165, 1.54) is 5.57 Å². The molecular weight excluding hydrogens is 450 g/mol. The Kier molecular flexibility index (Phi) is 6.82. The number of nitrogens with zero attached hydrogens (tertiary/aromatic N) is 2. The molecule has 0 aromatic carbocycles. The molecule has 5 nitrogen and oxygen atoms in total. The average Bonchev–Trinajstić information content (AvgIpc) is 2.75. The monoisotopic (exact) mass is 486 g/mol. The molecule has 0 amide bonds. The van der Waals surface area contributed by atoms with E-state index in [0.717, 1.165) is 36.4 Å². The minimum atomic E-state index is -2.48. The second-order valence-corrected chi connectivity index (χ2v) is 11.2. The number of hydrogen-bond donors (Lipinski definition) is 0. The summed E-state index contributed by atoms with van der Waals surface area (Å²) < 4.78 is 33.6. The van der Waals surface area contributed by atoms with Crippen LogP contribution in [0, 0.1) is 11.3 Å². The molecule has 2 aliphatic carbocycles. The second-order valence-electron chi connectivity index (χ2n) is 11.2. The standard InChI is InChI=1S/C28H36F2N2O3/c1-6-35-26(34)21-16-32-22(13-23(21)33)25(31(5)17-24(32)27(2,3)4)20-9-7-8-18(12-20)10-11-19-14-28(29,30)15-19/h7-9,13,16,19,24H,6,10-12,14-15,17H2,1-5H3/b25-20-. The maximum absolute atomic E-state index is 13.2. The fourth-order valence-electron chi connectivity index (χ4n) is 5.47. The average molecular weight is 487 g/mol. The Bertz CT molecular complexity index is 1150. The highest BCUT2D eigenvalue weighted by atomic mass is 19.3. The van der Waals surface area contributed by atoms with Gasteiger partial charge in [0.15, 0.2) is 5.43 Å². The minimum absolute atomic E-state index is 0.0000858. The number of likely N-dealkylation sites (N-methyl/N-ethyl adjacent to an activating group) is 1. The number of allylic oxidation sites excluding steroid dienone is 5. The van der Waals surface area contributed by atoms with Crippen LogP contribution in [0.3, 0.4) is 0 Å². The van der Waals surface area contributed by atoms with Crippen LogP contribution in [0.5, 0.6) is 0 Å². The van der Waals surface area contributed by atoms with Gasteiger partial charge in [-0.1, -0.05) is 44.6 Å². The zero-order valence-corrected chi connectivity index (χ0v) is 21.4. The van der Waals surface area contributed by atoms with Crippen molar-refractivity contribution in [3.8, 4) is 0 Å². The van der Waals surface area contributed by atoms with Gasteiger partial charge in [0.25, 0.3) is 0 Å². The molecule has 35 heavy (non-hydrogen) atoms. The molecule has 0 radical (unpaired) electrons. The van der Waals surface area contributed by atoms with Gasteiger partial charge in [-0.3, -0.25) is 4.79 Å². The van der Waals surface area contributed by atoms with Crippen LogP contribution in [-0.4, -0.2) is 41.6 Å². The number of pyridine rings is 1. The topological polar surface area (TPSA) is 51.5 Å². The first-order valence-corrected chi connectivity index (χ1v) is 12.5. The van der Waals surface area contributed by atoms with Gasteiger partial charge in [-0.15, -0.1) is 0 Å². The van der Waals surface area contributed by atoms with Gasteiger partial charge < -0.3 is 14.2 Å². The van der Waals surface area contributed by atoms with Crippen molar-refractivity contribution in [3.05, 3.63) is 63.1 Å². The van der Waals surface area contributed by atoms with Gasteiger partial charge in [-0.25, -0.2) is 13.6 Å². The Hall–Kier alpha value is -2.70. The highest BCUT2D eigenvalue weighted by Gasteiger charge is 2.44. The molecular formula is C28H36F2N2O3. The molecule has 0 bridgehead atoms. The summed E-state index contributed by atoms with van der Waals surface area (Å²) in [5.41, 5.74) is 3.65. The van der Waals surface area contributed by atoms with E-state index in [4.69, 9.17) is 4.74 Å². The van der Waals surface area contributed by atoms with E-state index >= 15 is 0 Å². The molecule has 0 N–H and O–H groups in total. The molecule has 3 aliphatic rings. The molecule has 1 atom stereocenters. The lowest BCUT2D eigenvalue weighted by molar-refractivity contribution is -0.111. The lowest BCUT2D eigenvalue weighted by Crippen LogP contribution is -2.42. The first-order valence-electron chi connectivity index (χ1n) is 12.5. The van der Waals surface area contributed by atoms with E-state index in [1.54, 1.807) is 19.2 Å². The number of hydrogen-bond acceptors (Lipinski definition) is 4. The van der Waals surface area contributed by atoms with Crippen molar-refractivity contribution in [2.75, 3.05) is 20.2 Å². The zero-order valence-electron chi connectivity index (χ0n) is 21.4. The van der Waals surface area contributed by atoms with Gasteiger partial charge in [0.1, 0.15) is 5.56 Å². The summed E-state index contributed by atoms with van der Waals surface area (Å²) in [6.07, 6.45) is 10.1. The number of esters is 1. The van der Waals surface area contributed by atoms with Crippen molar-refractivity contribution in [2.45, 2.75) is 71.8 Å². The molecule has 1 fully saturated rings. The smallest absolute Gasteiger partial charge is 0.343 e. The van der Waals surface area contributed by atoms with E-state index in [-0.39, 0.29) is 47.8 Å². The third-order valence-electron chi connectivity index (χ3n) is 7.38. The normalized spacial score (nSPS) is 24.0. The predicted octanol–water partition coefficient (Wildman–Crippen LogP) is 5.98.